The highest BCUT2D eigenvalue weighted by molar-refractivity contribution is 5.93. The summed E-state index contributed by atoms with van der Waals surface area (Å²) in [5.41, 5.74) is -0.317. The van der Waals surface area contributed by atoms with Crippen molar-refractivity contribution in [2.24, 2.45) is 0 Å². The molecule has 0 heterocycles. The molecule has 0 aliphatic carbocycles. The molecular weight excluding hydrogens is 228 g/mol. The average Bonchev–Trinajstić information content (AvgIpc) is 2.23. The van der Waals surface area contributed by atoms with Gasteiger partial charge >= 0.3 is 11.9 Å². The second kappa shape index (κ2) is 5.74. The molecule has 1 aromatic carbocycles. The van der Waals surface area contributed by atoms with Crippen molar-refractivity contribution in [1.29, 1.82) is 0 Å². The first kappa shape index (κ1) is 12.8. The van der Waals surface area contributed by atoms with Crippen LogP contribution in [0.15, 0.2) is 18.2 Å². The topological polar surface area (TPSA) is 104 Å². The van der Waals surface area contributed by atoms with E-state index in [-0.39, 0.29) is 36.5 Å². The highest BCUT2D eigenvalue weighted by Gasteiger charge is 2.16. The Hall–Kier alpha value is -2.24. The maximum absolute atomic E-state index is 10.8. The molecule has 0 aliphatic rings. The first-order valence-electron chi connectivity index (χ1n) is 4.92. The van der Waals surface area contributed by atoms with Crippen LogP contribution < -0.4 is 4.74 Å². The second-order valence-corrected chi connectivity index (χ2v) is 3.30. The van der Waals surface area contributed by atoms with Crippen molar-refractivity contribution in [2.75, 3.05) is 6.61 Å². The zero-order valence-corrected chi connectivity index (χ0v) is 8.92. The molecular formula is C11H12O6. The van der Waals surface area contributed by atoms with Gasteiger partial charge in [0.15, 0.2) is 0 Å². The van der Waals surface area contributed by atoms with Gasteiger partial charge in [0.05, 0.1) is 6.61 Å². The van der Waals surface area contributed by atoms with E-state index in [0.29, 0.717) is 0 Å². The van der Waals surface area contributed by atoms with Gasteiger partial charge < -0.3 is 20.1 Å². The number of carboxylic acids is 2. The van der Waals surface area contributed by atoms with E-state index < -0.39 is 11.9 Å². The Morgan fingerprint density at radius 2 is 1.94 bits per heavy atom. The third kappa shape index (κ3) is 3.67. The smallest absolute Gasteiger partial charge is 0.343 e. The number of aromatic carboxylic acids is 1. The summed E-state index contributed by atoms with van der Waals surface area (Å²) < 4.78 is 5.13. The number of phenols is 1. The van der Waals surface area contributed by atoms with Crippen LogP contribution in [0.1, 0.15) is 23.2 Å². The Kier molecular flexibility index (Phi) is 4.33. The summed E-state index contributed by atoms with van der Waals surface area (Å²) in [5.74, 6) is -2.59. The number of benzene rings is 1. The van der Waals surface area contributed by atoms with Crippen molar-refractivity contribution >= 4 is 11.9 Å². The molecule has 0 spiro atoms. The van der Waals surface area contributed by atoms with Crippen LogP contribution in [0.25, 0.3) is 0 Å². The van der Waals surface area contributed by atoms with Crippen LogP contribution in [0.3, 0.4) is 0 Å². The molecule has 0 fully saturated rings. The van der Waals surface area contributed by atoms with E-state index >= 15 is 0 Å². The fourth-order valence-electron chi connectivity index (χ4n) is 1.26. The Balaban J connectivity index is 2.67. The van der Waals surface area contributed by atoms with Crippen LogP contribution in [0.4, 0.5) is 0 Å². The molecule has 0 saturated heterocycles. The summed E-state index contributed by atoms with van der Waals surface area (Å²) in [6, 6.07) is 4.10. The summed E-state index contributed by atoms with van der Waals surface area (Å²) in [5, 5.41) is 26.6. The quantitative estimate of drug-likeness (QED) is 0.648. The minimum atomic E-state index is -1.30. The second-order valence-electron chi connectivity index (χ2n) is 3.30. The highest BCUT2D eigenvalue weighted by Crippen LogP contribution is 2.27. The number of carbonyl (C=O) groups is 2. The molecule has 3 N–H and O–H groups in total. The number of aromatic hydroxyl groups is 1. The number of rotatable bonds is 6. The molecule has 0 bridgehead atoms. The maximum atomic E-state index is 10.8. The van der Waals surface area contributed by atoms with Gasteiger partial charge in [-0.15, -0.1) is 0 Å². The van der Waals surface area contributed by atoms with Gasteiger partial charge in [-0.1, -0.05) is 6.07 Å². The zero-order chi connectivity index (χ0) is 12.8. The van der Waals surface area contributed by atoms with Crippen molar-refractivity contribution in [3.63, 3.8) is 0 Å². The van der Waals surface area contributed by atoms with Crippen molar-refractivity contribution in [1.82, 2.24) is 0 Å². The van der Waals surface area contributed by atoms with Gasteiger partial charge in [0.25, 0.3) is 0 Å². The summed E-state index contributed by atoms with van der Waals surface area (Å²) in [6.45, 7) is 0.0794. The van der Waals surface area contributed by atoms with Gasteiger partial charge in [0.2, 0.25) is 0 Å². The van der Waals surface area contributed by atoms with Crippen LogP contribution in [0.5, 0.6) is 11.5 Å². The molecule has 92 valence electrons. The largest absolute Gasteiger partial charge is 0.507 e. The predicted molar refractivity (Wildman–Crippen MR) is 57.4 cm³/mol. The first-order valence-corrected chi connectivity index (χ1v) is 4.92. The van der Waals surface area contributed by atoms with Crippen molar-refractivity contribution in [3.8, 4) is 11.5 Å². The van der Waals surface area contributed by atoms with Crippen molar-refractivity contribution in [3.05, 3.63) is 23.8 Å². The molecule has 6 heteroatoms. The average molecular weight is 240 g/mol. The standard InChI is InChI=1S/C11H12O6/c12-7-3-1-4-8(10(7)11(15)16)17-6-2-5-9(13)14/h1,3-4,12H,2,5-6H2,(H,13,14)(H,15,16). The molecule has 0 radical (unpaired) electrons. The van der Waals surface area contributed by atoms with E-state index in [2.05, 4.69) is 0 Å². The predicted octanol–water partition coefficient (Wildman–Crippen LogP) is 1.33. The monoisotopic (exact) mass is 240 g/mol. The van der Waals surface area contributed by atoms with Gasteiger partial charge in [0, 0.05) is 6.42 Å². The zero-order valence-electron chi connectivity index (χ0n) is 8.92. The fourth-order valence-corrected chi connectivity index (χ4v) is 1.26. The van der Waals surface area contributed by atoms with Crippen molar-refractivity contribution < 1.29 is 29.6 Å². The third-order valence-electron chi connectivity index (χ3n) is 2.01. The first-order chi connectivity index (χ1) is 8.02. The number of hydrogen-bond donors (Lipinski definition) is 3. The minimum absolute atomic E-state index is 0.0305. The number of carboxylic acid groups (broad SMARTS) is 2. The summed E-state index contributed by atoms with van der Waals surface area (Å²) in [4.78, 5) is 21.1. The van der Waals surface area contributed by atoms with Gasteiger partial charge in [-0.2, -0.15) is 0 Å². The summed E-state index contributed by atoms with van der Waals surface area (Å²) in [7, 11) is 0. The molecule has 0 amide bonds. The van der Waals surface area contributed by atoms with Crippen LogP contribution in [0.2, 0.25) is 0 Å². The highest BCUT2D eigenvalue weighted by atomic mass is 16.5. The lowest BCUT2D eigenvalue weighted by Gasteiger charge is -2.09. The van der Waals surface area contributed by atoms with Gasteiger partial charge in [-0.25, -0.2) is 4.79 Å². The molecule has 6 nitrogen and oxygen atoms in total. The van der Waals surface area contributed by atoms with Crippen LogP contribution >= 0.6 is 0 Å². The fraction of sp³-hybridized carbons (Fsp3) is 0.273. The molecule has 0 atom stereocenters. The van der Waals surface area contributed by atoms with E-state index in [1.54, 1.807) is 0 Å². The molecule has 1 rings (SSSR count). The lowest BCUT2D eigenvalue weighted by Crippen LogP contribution is -2.06. The lowest BCUT2D eigenvalue weighted by atomic mass is 10.2. The molecule has 0 unspecified atom stereocenters. The van der Waals surface area contributed by atoms with E-state index in [1.807, 2.05) is 0 Å². The van der Waals surface area contributed by atoms with Crippen LogP contribution in [-0.2, 0) is 4.79 Å². The summed E-state index contributed by atoms with van der Waals surface area (Å²) in [6.07, 6.45) is 0.214. The Morgan fingerprint density at radius 3 is 2.53 bits per heavy atom. The SMILES string of the molecule is O=C(O)CCCOc1cccc(O)c1C(=O)O. The van der Waals surface area contributed by atoms with Crippen LogP contribution in [0, 0.1) is 0 Å². The molecule has 0 aromatic heterocycles. The maximum Gasteiger partial charge on any atom is 0.343 e. The van der Waals surface area contributed by atoms with E-state index in [9.17, 15) is 14.7 Å². The van der Waals surface area contributed by atoms with E-state index in [0.717, 1.165) is 0 Å². The Morgan fingerprint density at radius 1 is 1.24 bits per heavy atom. The van der Waals surface area contributed by atoms with Crippen molar-refractivity contribution in [2.45, 2.75) is 12.8 Å². The third-order valence-corrected chi connectivity index (χ3v) is 2.01. The molecule has 0 aliphatic heterocycles. The minimum Gasteiger partial charge on any atom is -0.507 e. The Labute approximate surface area is 97.1 Å². The van der Waals surface area contributed by atoms with Gasteiger partial charge in [-0.05, 0) is 18.6 Å². The number of aliphatic carboxylic acids is 1. The Bertz CT molecular complexity index is 426. The van der Waals surface area contributed by atoms with E-state index in [4.69, 9.17) is 14.9 Å². The molecule has 0 saturated carbocycles. The van der Waals surface area contributed by atoms with Gasteiger partial charge in [-0.3, -0.25) is 4.79 Å². The van der Waals surface area contributed by atoms with E-state index in [1.165, 1.54) is 18.2 Å². The molecule has 1 aromatic rings. The normalized spacial score (nSPS) is 9.88. The lowest BCUT2D eigenvalue weighted by molar-refractivity contribution is -0.137. The number of ether oxygens (including phenoxy) is 1. The number of hydrogen-bond acceptors (Lipinski definition) is 4. The summed E-state index contributed by atoms with van der Waals surface area (Å²) >= 11 is 0. The van der Waals surface area contributed by atoms with Gasteiger partial charge in [0.1, 0.15) is 17.1 Å². The van der Waals surface area contributed by atoms with Crippen LogP contribution in [-0.4, -0.2) is 33.9 Å². The molecule has 17 heavy (non-hydrogen) atoms.